The van der Waals surface area contributed by atoms with Crippen molar-refractivity contribution in [2.24, 2.45) is 5.41 Å². The molecular formula is C15H19N3O4S. The van der Waals surface area contributed by atoms with Gasteiger partial charge in [-0.1, -0.05) is 25.9 Å². The summed E-state index contributed by atoms with van der Waals surface area (Å²) >= 11 is 0. The molecule has 8 heteroatoms. The van der Waals surface area contributed by atoms with Gasteiger partial charge in [-0.3, -0.25) is 9.52 Å². The molecule has 1 aromatic carbocycles. The van der Waals surface area contributed by atoms with E-state index in [-0.39, 0.29) is 16.6 Å². The van der Waals surface area contributed by atoms with Gasteiger partial charge in [-0.2, -0.15) is 0 Å². The van der Waals surface area contributed by atoms with Gasteiger partial charge in [0.15, 0.2) is 5.82 Å². The molecule has 124 valence electrons. The zero-order valence-electron chi connectivity index (χ0n) is 13.4. The van der Waals surface area contributed by atoms with E-state index in [2.05, 4.69) is 15.2 Å². The number of sulfonamides is 1. The first kappa shape index (κ1) is 17.0. The molecule has 7 nitrogen and oxygen atoms in total. The smallest absolute Gasteiger partial charge is 0.263 e. The molecule has 2 N–H and O–H groups in total. The number of rotatable bonds is 4. The molecule has 0 aliphatic heterocycles. The molecule has 0 saturated carbocycles. The van der Waals surface area contributed by atoms with Crippen LogP contribution in [0, 0.1) is 12.3 Å². The molecule has 0 radical (unpaired) electrons. The Morgan fingerprint density at radius 2 is 1.78 bits per heavy atom. The normalized spacial score (nSPS) is 12.0. The Bertz CT molecular complexity index is 802. The summed E-state index contributed by atoms with van der Waals surface area (Å²) in [6.07, 6.45) is 0. The SMILES string of the molecule is Cc1cc(NS(=O)(=O)c2ccc(NC(=O)C(C)(C)C)cc2)no1. The lowest BCUT2D eigenvalue weighted by Crippen LogP contribution is -2.27. The summed E-state index contributed by atoms with van der Waals surface area (Å²) in [4.78, 5) is 12.0. The van der Waals surface area contributed by atoms with Gasteiger partial charge in [0.05, 0.1) is 4.90 Å². The van der Waals surface area contributed by atoms with Crippen LogP contribution >= 0.6 is 0 Å². The quantitative estimate of drug-likeness (QED) is 0.893. The molecule has 0 fully saturated rings. The number of carbonyl (C=O) groups excluding carboxylic acids is 1. The Balaban J connectivity index is 2.14. The van der Waals surface area contributed by atoms with E-state index >= 15 is 0 Å². The zero-order chi connectivity index (χ0) is 17.3. The van der Waals surface area contributed by atoms with Crippen molar-refractivity contribution >= 4 is 27.4 Å². The zero-order valence-corrected chi connectivity index (χ0v) is 14.2. The van der Waals surface area contributed by atoms with Crippen LogP contribution in [0.15, 0.2) is 39.8 Å². The van der Waals surface area contributed by atoms with E-state index in [0.29, 0.717) is 11.4 Å². The number of benzene rings is 1. The average molecular weight is 337 g/mol. The number of aryl methyl sites for hydroxylation is 1. The predicted molar refractivity (Wildman–Crippen MR) is 86.6 cm³/mol. The van der Waals surface area contributed by atoms with Crippen LogP contribution in [0.2, 0.25) is 0 Å². The van der Waals surface area contributed by atoms with Gasteiger partial charge in [0.1, 0.15) is 5.76 Å². The van der Waals surface area contributed by atoms with Gasteiger partial charge in [-0.25, -0.2) is 8.42 Å². The van der Waals surface area contributed by atoms with Gasteiger partial charge in [0, 0.05) is 17.2 Å². The van der Waals surface area contributed by atoms with Gasteiger partial charge >= 0.3 is 0 Å². The van der Waals surface area contributed by atoms with Crippen LogP contribution in [0.5, 0.6) is 0 Å². The summed E-state index contributed by atoms with van der Waals surface area (Å²) in [5.41, 5.74) is -0.00179. The number of amides is 1. The first-order valence-electron chi connectivity index (χ1n) is 6.95. The molecular weight excluding hydrogens is 318 g/mol. The highest BCUT2D eigenvalue weighted by atomic mass is 32.2. The molecule has 1 aromatic heterocycles. The van der Waals surface area contributed by atoms with Crippen molar-refractivity contribution in [3.05, 3.63) is 36.1 Å². The van der Waals surface area contributed by atoms with E-state index < -0.39 is 15.4 Å². The van der Waals surface area contributed by atoms with Gasteiger partial charge in [0.25, 0.3) is 10.0 Å². The molecule has 0 aliphatic carbocycles. The number of anilines is 2. The summed E-state index contributed by atoms with van der Waals surface area (Å²) < 4.78 is 31.6. The maximum absolute atomic E-state index is 12.2. The van der Waals surface area contributed by atoms with Crippen molar-refractivity contribution in [3.8, 4) is 0 Å². The fourth-order valence-corrected chi connectivity index (χ4v) is 2.63. The monoisotopic (exact) mass is 337 g/mol. The van der Waals surface area contributed by atoms with Crippen LogP contribution in [0.4, 0.5) is 11.5 Å². The molecule has 1 heterocycles. The second-order valence-corrected chi connectivity index (χ2v) is 7.84. The third-order valence-corrected chi connectivity index (χ3v) is 4.34. The van der Waals surface area contributed by atoms with Crippen LogP contribution in [0.3, 0.4) is 0 Å². The lowest BCUT2D eigenvalue weighted by atomic mass is 9.95. The number of nitrogens with zero attached hydrogens (tertiary/aromatic N) is 1. The van der Waals surface area contributed by atoms with Crippen LogP contribution in [0.25, 0.3) is 0 Å². The minimum Gasteiger partial charge on any atom is -0.360 e. The fraction of sp³-hybridized carbons (Fsp3) is 0.333. The predicted octanol–water partition coefficient (Wildman–Crippen LogP) is 2.77. The minimum atomic E-state index is -3.76. The van der Waals surface area contributed by atoms with Crippen molar-refractivity contribution in [3.63, 3.8) is 0 Å². The van der Waals surface area contributed by atoms with Crippen LogP contribution in [-0.2, 0) is 14.8 Å². The maximum Gasteiger partial charge on any atom is 0.263 e. The summed E-state index contributed by atoms with van der Waals surface area (Å²) in [6, 6.07) is 7.37. The van der Waals surface area contributed by atoms with Gasteiger partial charge < -0.3 is 9.84 Å². The number of carbonyl (C=O) groups is 1. The Morgan fingerprint density at radius 1 is 1.17 bits per heavy atom. The van der Waals surface area contributed by atoms with Gasteiger partial charge in [-0.05, 0) is 31.2 Å². The van der Waals surface area contributed by atoms with E-state index in [4.69, 9.17) is 4.52 Å². The van der Waals surface area contributed by atoms with Gasteiger partial charge in [0.2, 0.25) is 5.91 Å². The highest BCUT2D eigenvalue weighted by Crippen LogP contribution is 2.20. The van der Waals surface area contributed by atoms with E-state index in [0.717, 1.165) is 0 Å². The third-order valence-electron chi connectivity index (χ3n) is 2.97. The third kappa shape index (κ3) is 4.32. The molecule has 0 bridgehead atoms. The molecule has 0 aliphatic rings. The molecule has 0 unspecified atom stereocenters. The first-order chi connectivity index (χ1) is 10.6. The molecule has 0 atom stereocenters. The van der Waals surface area contributed by atoms with Crippen molar-refractivity contribution in [2.45, 2.75) is 32.6 Å². The summed E-state index contributed by atoms with van der Waals surface area (Å²) in [6.45, 7) is 7.05. The second kappa shape index (κ2) is 6.04. The summed E-state index contributed by atoms with van der Waals surface area (Å²) in [7, 11) is -3.76. The number of nitrogens with one attached hydrogen (secondary N) is 2. The Morgan fingerprint density at radius 3 is 2.26 bits per heavy atom. The van der Waals surface area contributed by atoms with Crippen molar-refractivity contribution in [2.75, 3.05) is 10.0 Å². The summed E-state index contributed by atoms with van der Waals surface area (Å²) in [5, 5.41) is 6.32. The Hall–Kier alpha value is -2.35. The Labute approximate surface area is 135 Å². The van der Waals surface area contributed by atoms with Crippen LogP contribution in [-0.4, -0.2) is 19.5 Å². The van der Waals surface area contributed by atoms with Crippen LogP contribution < -0.4 is 10.0 Å². The van der Waals surface area contributed by atoms with E-state index in [9.17, 15) is 13.2 Å². The molecule has 1 amide bonds. The topological polar surface area (TPSA) is 101 Å². The molecule has 2 aromatic rings. The van der Waals surface area contributed by atoms with Crippen molar-refractivity contribution < 1.29 is 17.7 Å². The largest absolute Gasteiger partial charge is 0.360 e. The van der Waals surface area contributed by atoms with Crippen molar-refractivity contribution in [1.29, 1.82) is 0 Å². The van der Waals surface area contributed by atoms with E-state index in [1.54, 1.807) is 27.7 Å². The van der Waals surface area contributed by atoms with E-state index in [1.165, 1.54) is 30.3 Å². The second-order valence-electron chi connectivity index (χ2n) is 6.16. The highest BCUT2D eigenvalue weighted by Gasteiger charge is 2.21. The lowest BCUT2D eigenvalue weighted by molar-refractivity contribution is -0.123. The van der Waals surface area contributed by atoms with Gasteiger partial charge in [-0.15, -0.1) is 0 Å². The first-order valence-corrected chi connectivity index (χ1v) is 8.44. The Kier molecular flexibility index (Phi) is 4.46. The maximum atomic E-state index is 12.2. The number of hydrogen-bond acceptors (Lipinski definition) is 5. The standard InChI is InChI=1S/C15H19N3O4S/c1-10-9-13(17-22-10)18-23(20,21)12-7-5-11(6-8-12)16-14(19)15(2,3)4/h5-9H,1-4H3,(H,16,19)(H,17,18). The molecule has 2 rings (SSSR count). The van der Waals surface area contributed by atoms with E-state index in [1.807, 2.05) is 0 Å². The summed E-state index contributed by atoms with van der Waals surface area (Å²) in [5.74, 6) is 0.472. The minimum absolute atomic E-state index is 0.0620. The van der Waals surface area contributed by atoms with Crippen molar-refractivity contribution in [1.82, 2.24) is 5.16 Å². The number of hydrogen-bond donors (Lipinski definition) is 2. The molecule has 0 saturated heterocycles. The highest BCUT2D eigenvalue weighted by molar-refractivity contribution is 7.92. The lowest BCUT2D eigenvalue weighted by Gasteiger charge is -2.17. The molecule has 23 heavy (non-hydrogen) atoms. The number of aromatic nitrogens is 1. The molecule has 0 spiro atoms. The fourth-order valence-electron chi connectivity index (χ4n) is 1.65. The van der Waals surface area contributed by atoms with Crippen LogP contribution in [0.1, 0.15) is 26.5 Å². The average Bonchev–Trinajstić information content (AvgIpc) is 2.83.